The van der Waals surface area contributed by atoms with Crippen LogP contribution < -0.4 is 5.32 Å². The Labute approximate surface area is 277 Å². The van der Waals surface area contributed by atoms with Gasteiger partial charge in [-0.25, -0.2) is 9.59 Å². The first-order valence-electron chi connectivity index (χ1n) is 15.8. The molecule has 6 rings (SSSR count). The molecule has 2 unspecified atom stereocenters. The van der Waals surface area contributed by atoms with Crippen molar-refractivity contribution in [1.82, 2.24) is 20.1 Å². The van der Waals surface area contributed by atoms with Gasteiger partial charge in [0.1, 0.15) is 11.1 Å². The third-order valence-electron chi connectivity index (χ3n) is 8.26. The summed E-state index contributed by atoms with van der Waals surface area (Å²) in [5, 5.41) is 1.74. The maximum Gasteiger partial charge on any atom is 0.408 e. The van der Waals surface area contributed by atoms with Crippen LogP contribution >= 0.6 is 11.8 Å². The van der Waals surface area contributed by atoms with Crippen LogP contribution in [0.2, 0.25) is 0 Å². The lowest BCUT2D eigenvalue weighted by Gasteiger charge is -2.46. The number of esters is 1. The summed E-state index contributed by atoms with van der Waals surface area (Å²) in [4.78, 5) is 61.2. The number of rotatable bonds is 11. The van der Waals surface area contributed by atoms with E-state index in [0.29, 0.717) is 37.1 Å². The van der Waals surface area contributed by atoms with E-state index in [4.69, 9.17) is 9.47 Å². The molecule has 1 aromatic heterocycles. The number of β-lactam (4-membered cyclic amide) rings is 1. The summed E-state index contributed by atoms with van der Waals surface area (Å²) in [6.45, 7) is 3.15. The molecule has 2 saturated heterocycles. The molecule has 0 bridgehead atoms. The van der Waals surface area contributed by atoms with Crippen LogP contribution in [0.4, 0.5) is 4.79 Å². The molecule has 2 aromatic carbocycles. The molecule has 10 nitrogen and oxygen atoms in total. The molecular weight excluding hydrogens is 616 g/mol. The topological polar surface area (TPSA) is 118 Å². The fourth-order valence-corrected chi connectivity index (χ4v) is 7.17. The van der Waals surface area contributed by atoms with Gasteiger partial charge in [-0.1, -0.05) is 74.0 Å². The molecule has 0 spiro atoms. The number of pyridine rings is 1. The number of amides is 3. The second kappa shape index (κ2) is 14.7. The second-order valence-corrected chi connectivity index (χ2v) is 12.8. The van der Waals surface area contributed by atoms with Crippen LogP contribution in [0.15, 0.2) is 108 Å². The van der Waals surface area contributed by atoms with Gasteiger partial charge < -0.3 is 19.7 Å². The number of thioether (sulfide) groups is 1. The lowest BCUT2D eigenvalue weighted by molar-refractivity contribution is -0.151. The molecule has 242 valence electrons. The standard InChI is InChI=1S/C36H36N4O6S/c1-2-3-20-45-36(44)38-33-28(21-27-16-19-39(34(27)42)23-24-14-17-37-18-15-24)31(40-29(41)22-30(40)47-33)35(43)46-32(25-10-6-4-7-11-25)26-12-8-5-9-13-26/h4-15,17-18,21,30,32-33H,2-3,16,19-20,22-23H2,1H3,(H,38,44). The SMILES string of the molecule is CCCCOC(=O)NC1SC2CC(=O)N2C(C(=O)OC(c2ccccc2)c2ccccc2)=C1C=C1CCN(Cc2ccncc2)C1=O. The molecule has 0 aliphatic carbocycles. The van der Waals surface area contributed by atoms with Crippen LogP contribution in [0.3, 0.4) is 0 Å². The third kappa shape index (κ3) is 7.25. The van der Waals surface area contributed by atoms with E-state index < -0.39 is 23.5 Å². The fourth-order valence-electron chi connectivity index (χ4n) is 5.78. The minimum Gasteiger partial charge on any atom is -0.450 e. The number of nitrogens with zero attached hydrogens (tertiary/aromatic N) is 3. The number of hydrogen-bond donors (Lipinski definition) is 1. The van der Waals surface area contributed by atoms with Crippen molar-refractivity contribution >= 4 is 35.6 Å². The van der Waals surface area contributed by atoms with E-state index in [1.165, 1.54) is 16.7 Å². The van der Waals surface area contributed by atoms with Crippen molar-refractivity contribution in [1.29, 1.82) is 0 Å². The van der Waals surface area contributed by atoms with Gasteiger partial charge in [0, 0.05) is 36.6 Å². The van der Waals surface area contributed by atoms with Gasteiger partial charge in [-0.05, 0) is 47.7 Å². The number of alkyl carbamates (subject to hydrolysis) is 1. The van der Waals surface area contributed by atoms with Gasteiger partial charge in [0.05, 0.1) is 18.4 Å². The summed E-state index contributed by atoms with van der Waals surface area (Å²) in [6.07, 6.45) is 5.83. The molecule has 3 aromatic rings. The molecule has 11 heteroatoms. The van der Waals surface area contributed by atoms with Crippen molar-refractivity contribution in [2.45, 2.75) is 56.0 Å². The molecule has 2 fully saturated rings. The normalized spacial score (nSPS) is 19.9. The number of hydrogen-bond acceptors (Lipinski definition) is 8. The number of nitrogens with one attached hydrogen (secondary N) is 1. The Kier molecular flexibility index (Phi) is 10.0. The first kappa shape index (κ1) is 32.1. The van der Waals surface area contributed by atoms with E-state index in [1.54, 1.807) is 23.4 Å². The Morgan fingerprint density at radius 2 is 1.70 bits per heavy atom. The molecular formula is C36H36N4O6S. The maximum atomic E-state index is 14.3. The van der Waals surface area contributed by atoms with E-state index in [2.05, 4.69) is 10.3 Å². The average Bonchev–Trinajstić information content (AvgIpc) is 3.43. The monoisotopic (exact) mass is 652 g/mol. The predicted octanol–water partition coefficient (Wildman–Crippen LogP) is 5.48. The second-order valence-electron chi connectivity index (χ2n) is 11.5. The van der Waals surface area contributed by atoms with Crippen molar-refractivity contribution < 1.29 is 28.7 Å². The molecule has 0 radical (unpaired) electrons. The summed E-state index contributed by atoms with van der Waals surface area (Å²) < 4.78 is 11.6. The lowest BCUT2D eigenvalue weighted by Crippen LogP contribution is -2.57. The van der Waals surface area contributed by atoms with Crippen LogP contribution in [0.5, 0.6) is 0 Å². The first-order valence-corrected chi connectivity index (χ1v) is 16.7. The minimum absolute atomic E-state index is 0.0219. The number of likely N-dealkylation sites (tertiary alicyclic amines) is 1. The van der Waals surface area contributed by atoms with Crippen LogP contribution in [0, 0.1) is 0 Å². The van der Waals surface area contributed by atoms with Gasteiger partial charge in [-0.3, -0.25) is 19.5 Å². The van der Waals surface area contributed by atoms with Gasteiger partial charge in [-0.15, -0.1) is 11.8 Å². The van der Waals surface area contributed by atoms with Gasteiger partial charge in [0.15, 0.2) is 6.10 Å². The Balaban J connectivity index is 1.38. The van der Waals surface area contributed by atoms with Gasteiger partial charge in [0.25, 0.3) is 0 Å². The van der Waals surface area contributed by atoms with Crippen LogP contribution in [0.1, 0.15) is 55.4 Å². The number of fused-ring (bicyclic) bond motifs is 1. The van der Waals surface area contributed by atoms with Crippen molar-refractivity contribution in [3.8, 4) is 0 Å². The van der Waals surface area contributed by atoms with Gasteiger partial charge in [0.2, 0.25) is 11.8 Å². The van der Waals surface area contributed by atoms with E-state index in [0.717, 1.165) is 23.1 Å². The molecule has 3 aliphatic heterocycles. The quantitative estimate of drug-likeness (QED) is 0.125. The van der Waals surface area contributed by atoms with Gasteiger partial charge >= 0.3 is 12.1 Å². The molecule has 1 N–H and O–H groups in total. The number of carbonyl (C=O) groups excluding carboxylic acids is 4. The zero-order valence-corrected chi connectivity index (χ0v) is 26.9. The summed E-state index contributed by atoms with van der Waals surface area (Å²) in [5.74, 6) is -1.14. The van der Waals surface area contributed by atoms with E-state index >= 15 is 0 Å². The number of unbranched alkanes of at least 4 members (excludes halogenated alkanes) is 1. The molecule has 0 saturated carbocycles. The third-order valence-corrected chi connectivity index (χ3v) is 9.60. The highest BCUT2D eigenvalue weighted by atomic mass is 32.2. The Hall–Kier alpha value is -4.90. The lowest BCUT2D eigenvalue weighted by atomic mass is 10.0. The Morgan fingerprint density at radius 1 is 1.02 bits per heavy atom. The smallest absolute Gasteiger partial charge is 0.408 e. The number of aromatic nitrogens is 1. The number of carbonyl (C=O) groups is 4. The van der Waals surface area contributed by atoms with Crippen molar-refractivity contribution in [3.63, 3.8) is 0 Å². The first-order chi connectivity index (χ1) is 22.9. The molecule has 4 heterocycles. The number of ether oxygens (including phenoxy) is 2. The van der Waals surface area contributed by atoms with E-state index in [1.807, 2.05) is 79.7 Å². The zero-order valence-electron chi connectivity index (χ0n) is 26.0. The Morgan fingerprint density at radius 3 is 2.34 bits per heavy atom. The largest absolute Gasteiger partial charge is 0.450 e. The van der Waals surface area contributed by atoms with Crippen LogP contribution in [0.25, 0.3) is 0 Å². The summed E-state index contributed by atoms with van der Waals surface area (Å²) in [5.41, 5.74) is 3.29. The number of benzene rings is 2. The molecule has 2 atom stereocenters. The van der Waals surface area contributed by atoms with Gasteiger partial charge in [-0.2, -0.15) is 0 Å². The van der Waals surface area contributed by atoms with Crippen molar-refractivity contribution in [3.05, 3.63) is 125 Å². The highest BCUT2D eigenvalue weighted by Gasteiger charge is 2.49. The molecule has 47 heavy (non-hydrogen) atoms. The van der Waals surface area contributed by atoms with Crippen LogP contribution in [-0.4, -0.2) is 62.6 Å². The molecule has 3 aliphatic rings. The van der Waals surface area contributed by atoms with Crippen molar-refractivity contribution in [2.75, 3.05) is 13.2 Å². The molecule has 3 amide bonds. The van der Waals surface area contributed by atoms with Crippen molar-refractivity contribution in [2.24, 2.45) is 0 Å². The highest BCUT2D eigenvalue weighted by molar-refractivity contribution is 8.00. The zero-order chi connectivity index (χ0) is 32.8. The minimum atomic E-state index is -0.762. The summed E-state index contributed by atoms with van der Waals surface area (Å²) in [7, 11) is 0. The maximum absolute atomic E-state index is 14.3. The van der Waals surface area contributed by atoms with Crippen LogP contribution in [-0.2, 0) is 30.4 Å². The fraction of sp³-hybridized carbons (Fsp3) is 0.306. The predicted molar refractivity (Wildman–Crippen MR) is 176 cm³/mol. The average molecular weight is 653 g/mol. The van der Waals surface area contributed by atoms with E-state index in [9.17, 15) is 19.2 Å². The van der Waals surface area contributed by atoms with E-state index in [-0.39, 0.29) is 35.9 Å². The summed E-state index contributed by atoms with van der Waals surface area (Å²) in [6, 6.07) is 22.5. The highest BCUT2D eigenvalue weighted by Crippen LogP contribution is 2.45. The summed E-state index contributed by atoms with van der Waals surface area (Å²) >= 11 is 1.33. The Bertz CT molecular complexity index is 1640.